The standard InChI is InChI=1S/C11H15F2N3O3/c1-18-11(17)8-4-7(14)5-16-10(8)15-2-3-19-6-9(12)13/h4-5,9H,2-3,6,14H2,1H3,(H,15,16). The molecule has 3 N–H and O–H groups in total. The summed E-state index contributed by atoms with van der Waals surface area (Å²) in [4.78, 5) is 15.4. The number of pyridine rings is 1. The molecule has 1 heterocycles. The third-order valence-corrected chi connectivity index (χ3v) is 2.10. The third kappa shape index (κ3) is 5.04. The van der Waals surface area contributed by atoms with Crippen LogP contribution in [0.4, 0.5) is 20.3 Å². The normalized spacial score (nSPS) is 10.5. The number of nitrogens with one attached hydrogen (secondary N) is 1. The van der Waals surface area contributed by atoms with E-state index in [0.29, 0.717) is 5.69 Å². The van der Waals surface area contributed by atoms with Crippen molar-refractivity contribution in [3.8, 4) is 0 Å². The van der Waals surface area contributed by atoms with Crippen molar-refractivity contribution >= 4 is 17.5 Å². The summed E-state index contributed by atoms with van der Waals surface area (Å²) in [6, 6.07) is 1.42. The first-order valence-corrected chi connectivity index (χ1v) is 5.48. The fourth-order valence-corrected chi connectivity index (χ4v) is 1.30. The molecule has 0 bridgehead atoms. The Morgan fingerprint density at radius 1 is 1.58 bits per heavy atom. The summed E-state index contributed by atoms with van der Waals surface area (Å²) < 4.78 is 32.9. The number of methoxy groups -OCH3 is 1. The van der Waals surface area contributed by atoms with Gasteiger partial charge in [0.05, 0.1) is 25.6 Å². The van der Waals surface area contributed by atoms with Crippen LogP contribution in [0.1, 0.15) is 10.4 Å². The molecule has 0 saturated carbocycles. The SMILES string of the molecule is COC(=O)c1cc(N)cnc1NCCOCC(F)F. The van der Waals surface area contributed by atoms with E-state index >= 15 is 0 Å². The van der Waals surface area contributed by atoms with E-state index in [0.717, 1.165) is 0 Å². The number of aromatic nitrogens is 1. The van der Waals surface area contributed by atoms with Crippen LogP contribution in [0.5, 0.6) is 0 Å². The molecule has 19 heavy (non-hydrogen) atoms. The highest BCUT2D eigenvalue weighted by atomic mass is 19.3. The Balaban J connectivity index is 2.55. The number of anilines is 2. The highest BCUT2D eigenvalue weighted by Gasteiger charge is 2.13. The molecule has 1 rings (SSSR count). The number of hydrogen-bond acceptors (Lipinski definition) is 6. The average molecular weight is 275 g/mol. The lowest BCUT2D eigenvalue weighted by Crippen LogP contribution is -2.16. The minimum atomic E-state index is -2.50. The molecule has 1 aromatic rings. The predicted octanol–water partition coefficient (Wildman–Crippen LogP) is 1.14. The molecule has 6 nitrogen and oxygen atoms in total. The Morgan fingerprint density at radius 3 is 2.95 bits per heavy atom. The first kappa shape index (κ1) is 15.1. The summed E-state index contributed by atoms with van der Waals surface area (Å²) in [5.41, 5.74) is 6.02. The van der Waals surface area contributed by atoms with Crippen LogP contribution in [0.2, 0.25) is 0 Å². The monoisotopic (exact) mass is 275 g/mol. The maximum Gasteiger partial charge on any atom is 0.341 e. The van der Waals surface area contributed by atoms with Gasteiger partial charge >= 0.3 is 5.97 Å². The second kappa shape index (κ2) is 7.47. The number of alkyl halides is 2. The van der Waals surface area contributed by atoms with Crippen molar-refractivity contribution in [2.24, 2.45) is 0 Å². The molecule has 0 radical (unpaired) electrons. The summed E-state index contributed by atoms with van der Waals surface area (Å²) in [6.45, 7) is -0.328. The minimum Gasteiger partial charge on any atom is -0.465 e. The zero-order valence-electron chi connectivity index (χ0n) is 10.4. The molecule has 0 aliphatic rings. The fraction of sp³-hybridized carbons (Fsp3) is 0.455. The summed E-state index contributed by atoms with van der Waals surface area (Å²) in [5.74, 6) is -0.322. The average Bonchev–Trinajstić information content (AvgIpc) is 2.38. The lowest BCUT2D eigenvalue weighted by atomic mass is 10.2. The van der Waals surface area contributed by atoms with Crippen molar-refractivity contribution in [2.75, 3.05) is 37.9 Å². The third-order valence-electron chi connectivity index (χ3n) is 2.10. The lowest BCUT2D eigenvalue weighted by Gasteiger charge is -2.10. The number of ether oxygens (including phenoxy) is 2. The lowest BCUT2D eigenvalue weighted by molar-refractivity contribution is 0.0214. The van der Waals surface area contributed by atoms with Gasteiger partial charge in [0.25, 0.3) is 6.43 Å². The van der Waals surface area contributed by atoms with Crippen molar-refractivity contribution < 1.29 is 23.0 Å². The molecule has 0 fully saturated rings. The number of nitrogen functional groups attached to an aromatic ring is 1. The van der Waals surface area contributed by atoms with Crippen LogP contribution in [-0.2, 0) is 9.47 Å². The largest absolute Gasteiger partial charge is 0.465 e. The highest BCUT2D eigenvalue weighted by Crippen LogP contribution is 2.16. The second-order valence-corrected chi connectivity index (χ2v) is 3.55. The van der Waals surface area contributed by atoms with Gasteiger partial charge in [0, 0.05) is 6.54 Å². The van der Waals surface area contributed by atoms with Gasteiger partial charge in [-0.3, -0.25) is 0 Å². The molecule has 0 aromatic carbocycles. The zero-order valence-corrected chi connectivity index (χ0v) is 10.4. The molecule has 1 aromatic heterocycles. The van der Waals surface area contributed by atoms with Gasteiger partial charge in [-0.1, -0.05) is 0 Å². The van der Waals surface area contributed by atoms with E-state index < -0.39 is 19.0 Å². The van der Waals surface area contributed by atoms with Crippen molar-refractivity contribution in [3.63, 3.8) is 0 Å². The zero-order chi connectivity index (χ0) is 14.3. The van der Waals surface area contributed by atoms with Gasteiger partial charge in [-0.2, -0.15) is 0 Å². The minimum absolute atomic E-state index is 0.0665. The Kier molecular flexibility index (Phi) is 5.94. The van der Waals surface area contributed by atoms with Crippen LogP contribution in [0.3, 0.4) is 0 Å². The van der Waals surface area contributed by atoms with Crippen LogP contribution in [0, 0.1) is 0 Å². The number of carbonyl (C=O) groups excluding carboxylic acids is 1. The molecular formula is C11H15F2N3O3. The first-order valence-electron chi connectivity index (χ1n) is 5.48. The Morgan fingerprint density at radius 2 is 2.32 bits per heavy atom. The van der Waals surface area contributed by atoms with Crippen molar-refractivity contribution in [3.05, 3.63) is 17.8 Å². The number of carbonyl (C=O) groups is 1. The molecule has 0 spiro atoms. The second-order valence-electron chi connectivity index (χ2n) is 3.55. The van der Waals surface area contributed by atoms with Gasteiger partial charge in [0.15, 0.2) is 0 Å². The number of nitrogens with zero attached hydrogens (tertiary/aromatic N) is 1. The van der Waals surface area contributed by atoms with E-state index in [1.165, 1.54) is 19.4 Å². The number of rotatable bonds is 7. The topological polar surface area (TPSA) is 86.5 Å². The van der Waals surface area contributed by atoms with Crippen LogP contribution >= 0.6 is 0 Å². The Labute approximate surface area is 108 Å². The molecule has 0 unspecified atom stereocenters. The molecule has 0 aliphatic heterocycles. The Hall–Kier alpha value is -1.96. The number of esters is 1. The molecule has 0 aliphatic carbocycles. The van der Waals surface area contributed by atoms with Crippen molar-refractivity contribution in [1.29, 1.82) is 0 Å². The van der Waals surface area contributed by atoms with E-state index in [9.17, 15) is 13.6 Å². The maximum atomic E-state index is 11.8. The van der Waals surface area contributed by atoms with Gasteiger partial charge in [-0.25, -0.2) is 18.6 Å². The van der Waals surface area contributed by atoms with Crippen molar-refractivity contribution in [2.45, 2.75) is 6.43 Å². The van der Waals surface area contributed by atoms with Gasteiger partial charge in [-0.05, 0) is 6.07 Å². The van der Waals surface area contributed by atoms with E-state index in [1.54, 1.807) is 0 Å². The number of nitrogens with two attached hydrogens (primary N) is 1. The predicted molar refractivity (Wildman–Crippen MR) is 65.3 cm³/mol. The summed E-state index contributed by atoms with van der Waals surface area (Å²) >= 11 is 0. The van der Waals surface area contributed by atoms with Gasteiger partial charge < -0.3 is 20.5 Å². The fourth-order valence-electron chi connectivity index (χ4n) is 1.30. The van der Waals surface area contributed by atoms with Crippen molar-refractivity contribution in [1.82, 2.24) is 4.98 Å². The molecule has 106 valence electrons. The van der Waals surface area contributed by atoms with Crippen LogP contribution in [-0.4, -0.2) is 44.2 Å². The van der Waals surface area contributed by atoms with E-state index in [4.69, 9.17) is 5.73 Å². The van der Waals surface area contributed by atoms with Crippen LogP contribution < -0.4 is 11.1 Å². The summed E-state index contributed by atoms with van der Waals surface area (Å²) in [7, 11) is 1.24. The van der Waals surface area contributed by atoms with Gasteiger partial charge in [-0.15, -0.1) is 0 Å². The quantitative estimate of drug-likeness (QED) is 0.573. The smallest absolute Gasteiger partial charge is 0.341 e. The molecule has 0 atom stereocenters. The van der Waals surface area contributed by atoms with E-state index in [-0.39, 0.29) is 24.5 Å². The van der Waals surface area contributed by atoms with Gasteiger partial charge in [0.2, 0.25) is 0 Å². The maximum absolute atomic E-state index is 11.8. The highest BCUT2D eigenvalue weighted by molar-refractivity contribution is 5.95. The first-order chi connectivity index (χ1) is 9.04. The van der Waals surface area contributed by atoms with Crippen LogP contribution in [0.25, 0.3) is 0 Å². The van der Waals surface area contributed by atoms with Crippen LogP contribution in [0.15, 0.2) is 12.3 Å². The van der Waals surface area contributed by atoms with Gasteiger partial charge in [0.1, 0.15) is 18.0 Å². The Bertz CT molecular complexity index is 430. The summed E-state index contributed by atoms with van der Waals surface area (Å²) in [5, 5.41) is 2.79. The van der Waals surface area contributed by atoms with E-state index in [1.807, 2.05) is 0 Å². The molecule has 8 heteroatoms. The number of hydrogen-bond donors (Lipinski definition) is 2. The molecule has 0 saturated heterocycles. The van der Waals surface area contributed by atoms with E-state index in [2.05, 4.69) is 19.8 Å². The molecular weight excluding hydrogens is 260 g/mol. The number of halogens is 2. The summed E-state index contributed by atoms with van der Waals surface area (Å²) in [6.07, 6.45) is -1.13. The molecule has 0 amide bonds.